The fourth-order valence-corrected chi connectivity index (χ4v) is 3.64. The van der Waals surface area contributed by atoms with E-state index in [1.54, 1.807) is 28.4 Å². The van der Waals surface area contributed by atoms with Gasteiger partial charge in [-0.05, 0) is 50.2 Å². The lowest BCUT2D eigenvalue weighted by molar-refractivity contribution is 0.102. The van der Waals surface area contributed by atoms with Crippen molar-refractivity contribution in [3.63, 3.8) is 0 Å². The average molecular weight is 375 g/mol. The number of rotatable bonds is 4. The van der Waals surface area contributed by atoms with Gasteiger partial charge in [-0.25, -0.2) is 4.98 Å². The summed E-state index contributed by atoms with van der Waals surface area (Å²) in [4.78, 5) is 21.9. The predicted molar refractivity (Wildman–Crippen MR) is 105 cm³/mol. The number of hydrogen-bond donors (Lipinski definition) is 1. The molecule has 134 valence electrons. The summed E-state index contributed by atoms with van der Waals surface area (Å²) in [5.41, 5.74) is 3.39. The number of nitrogens with zero attached hydrogens (tertiary/aromatic N) is 4. The minimum Gasteiger partial charge on any atom is -0.322 e. The van der Waals surface area contributed by atoms with Gasteiger partial charge in [0.15, 0.2) is 0 Å². The van der Waals surface area contributed by atoms with E-state index in [4.69, 9.17) is 0 Å². The Kier molecular flexibility index (Phi) is 4.60. The van der Waals surface area contributed by atoms with Crippen LogP contribution in [0.15, 0.2) is 70.8 Å². The zero-order valence-electron chi connectivity index (χ0n) is 14.9. The van der Waals surface area contributed by atoms with Crippen molar-refractivity contribution in [2.75, 3.05) is 5.32 Å². The van der Waals surface area contributed by atoms with Crippen LogP contribution < -0.4 is 5.32 Å². The van der Waals surface area contributed by atoms with Crippen molar-refractivity contribution in [2.45, 2.75) is 23.8 Å². The molecule has 0 aliphatic carbocycles. The molecule has 4 rings (SSSR count). The first kappa shape index (κ1) is 17.2. The Labute approximate surface area is 160 Å². The maximum absolute atomic E-state index is 12.2. The number of benzene rings is 2. The molecule has 0 atom stereocenters. The maximum atomic E-state index is 12.2. The molecule has 0 saturated heterocycles. The molecule has 2 heterocycles. The second kappa shape index (κ2) is 7.20. The lowest BCUT2D eigenvalue weighted by Crippen LogP contribution is -2.11. The van der Waals surface area contributed by atoms with Gasteiger partial charge < -0.3 is 5.32 Å². The summed E-state index contributed by atoms with van der Waals surface area (Å²) in [6.07, 6.45) is 1.51. The first-order chi connectivity index (χ1) is 13.1. The molecule has 6 nitrogen and oxygen atoms in total. The molecule has 0 aliphatic rings. The average Bonchev–Trinajstić information content (AvgIpc) is 3.15. The highest BCUT2D eigenvalue weighted by atomic mass is 32.2. The zero-order chi connectivity index (χ0) is 18.8. The van der Waals surface area contributed by atoms with E-state index in [0.717, 1.165) is 26.9 Å². The van der Waals surface area contributed by atoms with E-state index < -0.39 is 0 Å². The van der Waals surface area contributed by atoms with E-state index in [0.29, 0.717) is 11.3 Å². The molecular weight excluding hydrogens is 358 g/mol. The summed E-state index contributed by atoms with van der Waals surface area (Å²) in [7, 11) is 0. The molecule has 0 aliphatic heterocycles. The number of hydrogen-bond acceptors (Lipinski definition) is 5. The molecule has 0 fully saturated rings. The van der Waals surface area contributed by atoms with Gasteiger partial charge in [0.2, 0.25) is 0 Å². The highest BCUT2D eigenvalue weighted by molar-refractivity contribution is 7.99. The van der Waals surface area contributed by atoms with Crippen LogP contribution >= 0.6 is 11.8 Å². The van der Waals surface area contributed by atoms with Gasteiger partial charge in [0.1, 0.15) is 11.4 Å². The van der Waals surface area contributed by atoms with Crippen LogP contribution in [0.3, 0.4) is 0 Å². The van der Waals surface area contributed by atoms with Crippen LogP contribution in [0.5, 0.6) is 0 Å². The summed E-state index contributed by atoms with van der Waals surface area (Å²) < 4.78 is 1.75. The second-order valence-electron chi connectivity index (χ2n) is 6.05. The van der Waals surface area contributed by atoms with Crippen molar-refractivity contribution in [1.82, 2.24) is 19.6 Å². The van der Waals surface area contributed by atoms with Crippen molar-refractivity contribution >= 4 is 29.1 Å². The number of nitrogens with one attached hydrogen (secondary N) is 1. The SMILES string of the molecule is Cc1nc2ncnn2c(Sc2ccc(NC(=O)c3ccccc3)cc2)c1C. The normalized spacial score (nSPS) is 10.9. The number of carbonyl (C=O) groups is 1. The van der Waals surface area contributed by atoms with Crippen LogP contribution in [0.1, 0.15) is 21.6 Å². The van der Waals surface area contributed by atoms with E-state index in [2.05, 4.69) is 20.4 Å². The Bertz CT molecular complexity index is 1110. The van der Waals surface area contributed by atoms with Crippen LogP contribution in [-0.4, -0.2) is 25.5 Å². The van der Waals surface area contributed by atoms with Crippen LogP contribution in [-0.2, 0) is 0 Å². The molecule has 7 heteroatoms. The predicted octanol–water partition coefficient (Wildman–Crippen LogP) is 4.14. The van der Waals surface area contributed by atoms with E-state index in [9.17, 15) is 4.79 Å². The fraction of sp³-hybridized carbons (Fsp3) is 0.100. The molecule has 4 aromatic rings. The van der Waals surface area contributed by atoms with E-state index in [-0.39, 0.29) is 5.91 Å². The second-order valence-corrected chi connectivity index (χ2v) is 7.11. The number of aryl methyl sites for hydroxylation is 1. The van der Waals surface area contributed by atoms with E-state index in [1.807, 2.05) is 56.3 Å². The van der Waals surface area contributed by atoms with Crippen LogP contribution in [0, 0.1) is 13.8 Å². The lowest BCUT2D eigenvalue weighted by atomic mass is 10.2. The van der Waals surface area contributed by atoms with Gasteiger partial charge in [-0.2, -0.15) is 14.6 Å². The van der Waals surface area contributed by atoms with Crippen LogP contribution in [0.4, 0.5) is 5.69 Å². The highest BCUT2D eigenvalue weighted by Crippen LogP contribution is 2.31. The Morgan fingerprint density at radius 2 is 1.78 bits per heavy atom. The number of amides is 1. The van der Waals surface area contributed by atoms with Gasteiger partial charge in [-0.1, -0.05) is 30.0 Å². The minimum atomic E-state index is -0.124. The first-order valence-corrected chi connectivity index (χ1v) is 9.25. The number of carbonyl (C=O) groups excluding carboxylic acids is 1. The van der Waals surface area contributed by atoms with Crippen molar-refractivity contribution < 1.29 is 4.79 Å². The van der Waals surface area contributed by atoms with E-state index >= 15 is 0 Å². The quantitative estimate of drug-likeness (QED) is 0.543. The van der Waals surface area contributed by atoms with Crippen LogP contribution in [0.25, 0.3) is 5.78 Å². The summed E-state index contributed by atoms with van der Waals surface area (Å²) in [5, 5.41) is 8.16. The van der Waals surface area contributed by atoms with Crippen molar-refractivity contribution in [1.29, 1.82) is 0 Å². The standard InChI is InChI=1S/C20H17N5OS/c1-13-14(2)23-20-21-12-22-25(20)19(13)27-17-10-8-16(9-11-17)24-18(26)15-6-4-3-5-7-15/h3-12H,1-2H3,(H,24,26). The molecule has 0 spiro atoms. The summed E-state index contributed by atoms with van der Waals surface area (Å²) in [6.45, 7) is 4.00. The topological polar surface area (TPSA) is 72.2 Å². The molecule has 0 radical (unpaired) electrons. The van der Waals surface area contributed by atoms with Crippen molar-refractivity contribution in [2.24, 2.45) is 0 Å². The summed E-state index contributed by atoms with van der Waals surface area (Å²) in [6, 6.07) is 16.9. The van der Waals surface area contributed by atoms with Crippen LogP contribution in [0.2, 0.25) is 0 Å². The monoisotopic (exact) mass is 375 g/mol. The molecule has 0 bridgehead atoms. The first-order valence-electron chi connectivity index (χ1n) is 8.43. The fourth-order valence-electron chi connectivity index (χ4n) is 2.63. The highest BCUT2D eigenvalue weighted by Gasteiger charge is 2.13. The molecule has 1 amide bonds. The Balaban J connectivity index is 1.54. The van der Waals surface area contributed by atoms with Gasteiger partial charge in [0.05, 0.1) is 0 Å². The minimum absolute atomic E-state index is 0.124. The Morgan fingerprint density at radius 3 is 2.52 bits per heavy atom. The number of anilines is 1. The largest absolute Gasteiger partial charge is 0.322 e. The van der Waals surface area contributed by atoms with Crippen molar-refractivity contribution in [3.8, 4) is 0 Å². The molecular formula is C20H17N5OS. The van der Waals surface area contributed by atoms with E-state index in [1.165, 1.54) is 6.33 Å². The third-order valence-corrected chi connectivity index (χ3v) is 5.40. The third-order valence-electron chi connectivity index (χ3n) is 4.22. The van der Waals surface area contributed by atoms with Gasteiger partial charge in [-0.15, -0.1) is 0 Å². The van der Waals surface area contributed by atoms with Crippen molar-refractivity contribution in [3.05, 3.63) is 77.7 Å². The van der Waals surface area contributed by atoms with Gasteiger partial charge in [0, 0.05) is 27.4 Å². The molecule has 27 heavy (non-hydrogen) atoms. The molecule has 0 unspecified atom stereocenters. The lowest BCUT2D eigenvalue weighted by Gasteiger charge is -2.10. The van der Waals surface area contributed by atoms with Gasteiger partial charge in [-0.3, -0.25) is 4.79 Å². The van der Waals surface area contributed by atoms with Gasteiger partial charge in [0.25, 0.3) is 11.7 Å². The molecule has 2 aromatic carbocycles. The maximum Gasteiger partial charge on any atom is 0.255 e. The zero-order valence-corrected chi connectivity index (χ0v) is 15.7. The molecule has 0 saturated carbocycles. The summed E-state index contributed by atoms with van der Waals surface area (Å²) >= 11 is 1.59. The third kappa shape index (κ3) is 3.54. The number of aromatic nitrogens is 4. The number of fused-ring (bicyclic) bond motifs is 1. The Morgan fingerprint density at radius 1 is 1.04 bits per heavy atom. The summed E-state index contributed by atoms with van der Waals surface area (Å²) in [5.74, 6) is 0.466. The Hall–Kier alpha value is -3.19. The molecule has 2 aromatic heterocycles. The smallest absolute Gasteiger partial charge is 0.255 e. The van der Waals surface area contributed by atoms with Gasteiger partial charge >= 0.3 is 0 Å². The molecule has 1 N–H and O–H groups in total.